The van der Waals surface area contributed by atoms with Crippen LogP contribution in [0.15, 0.2) is 0 Å². The van der Waals surface area contributed by atoms with Crippen LogP contribution in [0.5, 0.6) is 0 Å². The first-order valence-corrected chi connectivity index (χ1v) is 5.40. The zero-order valence-corrected chi connectivity index (χ0v) is 10.4. The largest absolute Gasteiger partial charge is 0.481 e. The van der Waals surface area contributed by atoms with Crippen molar-refractivity contribution in [3.63, 3.8) is 0 Å². The van der Waals surface area contributed by atoms with E-state index >= 15 is 0 Å². The standard InChI is InChI=1S/C4H8O2.2C3H8O3/c1-2-3-4(5)6;2*4-1-3(6)2-5/h2-3H2,1H3,(H,5,6);2*3-6H,1-2H2. The van der Waals surface area contributed by atoms with Gasteiger partial charge in [-0.25, -0.2) is 0 Å². The Kier molecular flexibility index (Phi) is 23.1. The Balaban J connectivity index is -0.000000187. The lowest BCUT2D eigenvalue weighted by Crippen LogP contribution is -2.15. The zero-order valence-electron chi connectivity index (χ0n) is 10.4. The molecule has 0 spiro atoms. The lowest BCUT2D eigenvalue weighted by molar-refractivity contribution is -0.137. The lowest BCUT2D eigenvalue weighted by atomic mass is 10.4. The van der Waals surface area contributed by atoms with Gasteiger partial charge in [-0.1, -0.05) is 6.92 Å². The number of aliphatic hydroxyl groups is 6. The predicted octanol–water partition coefficient (Wildman–Crippen LogP) is -2.47. The fourth-order valence-corrected chi connectivity index (χ4v) is 0.329. The Labute approximate surface area is 106 Å². The fourth-order valence-electron chi connectivity index (χ4n) is 0.329. The highest BCUT2D eigenvalue weighted by molar-refractivity contribution is 5.66. The van der Waals surface area contributed by atoms with Crippen LogP contribution >= 0.6 is 0 Å². The van der Waals surface area contributed by atoms with Crippen molar-refractivity contribution < 1.29 is 40.5 Å². The van der Waals surface area contributed by atoms with E-state index in [4.69, 9.17) is 35.7 Å². The van der Waals surface area contributed by atoms with E-state index in [1.54, 1.807) is 0 Å². The molecule has 0 aliphatic carbocycles. The maximum absolute atomic E-state index is 9.60. The molecule has 0 bridgehead atoms. The number of carbonyl (C=O) groups is 1. The first-order chi connectivity index (χ1) is 8.39. The Morgan fingerprint density at radius 1 is 0.889 bits per heavy atom. The van der Waals surface area contributed by atoms with Crippen LogP contribution in [0.2, 0.25) is 0 Å². The molecule has 0 amide bonds. The highest BCUT2D eigenvalue weighted by atomic mass is 16.4. The molecule has 0 aliphatic rings. The van der Waals surface area contributed by atoms with Crippen molar-refractivity contribution in [1.82, 2.24) is 0 Å². The second-order valence-electron chi connectivity index (χ2n) is 3.18. The summed E-state index contributed by atoms with van der Waals surface area (Å²) < 4.78 is 0. The maximum Gasteiger partial charge on any atom is 0.303 e. The molecule has 8 nitrogen and oxygen atoms in total. The van der Waals surface area contributed by atoms with E-state index in [-0.39, 0.29) is 26.4 Å². The summed E-state index contributed by atoms with van der Waals surface area (Å²) in [5.41, 5.74) is 0. The van der Waals surface area contributed by atoms with E-state index < -0.39 is 18.2 Å². The maximum atomic E-state index is 9.60. The van der Waals surface area contributed by atoms with Crippen molar-refractivity contribution in [2.75, 3.05) is 26.4 Å². The van der Waals surface area contributed by atoms with Crippen molar-refractivity contribution in [1.29, 1.82) is 0 Å². The van der Waals surface area contributed by atoms with Crippen molar-refractivity contribution in [2.24, 2.45) is 0 Å². The topological polar surface area (TPSA) is 159 Å². The zero-order chi connectivity index (χ0) is 15.0. The molecule has 0 fully saturated rings. The SMILES string of the molecule is CCCC(=O)O.OCC(O)CO.OCC(O)CO. The molecule has 0 unspecified atom stereocenters. The van der Waals surface area contributed by atoms with Crippen LogP contribution in [0, 0.1) is 0 Å². The van der Waals surface area contributed by atoms with Crippen LogP contribution in [0.3, 0.4) is 0 Å². The van der Waals surface area contributed by atoms with E-state index in [1.807, 2.05) is 6.92 Å². The summed E-state index contributed by atoms with van der Waals surface area (Å²) in [6.07, 6.45) is -0.884. The van der Waals surface area contributed by atoms with E-state index in [1.165, 1.54) is 0 Å². The fraction of sp³-hybridized carbons (Fsp3) is 0.900. The van der Waals surface area contributed by atoms with E-state index in [0.29, 0.717) is 6.42 Å². The number of rotatable bonds is 6. The van der Waals surface area contributed by atoms with Crippen LogP contribution in [-0.4, -0.2) is 80.4 Å². The molecule has 0 aromatic carbocycles. The minimum atomic E-state index is -0.954. The molecule has 0 heterocycles. The second kappa shape index (κ2) is 18.6. The predicted molar refractivity (Wildman–Crippen MR) is 62.9 cm³/mol. The number of carboxylic acids is 1. The number of aliphatic carboxylic acids is 1. The summed E-state index contributed by atoms with van der Waals surface area (Å²) in [5.74, 6) is -0.711. The molecule has 0 aromatic rings. The Morgan fingerprint density at radius 3 is 1.17 bits per heavy atom. The third kappa shape index (κ3) is 29.5. The van der Waals surface area contributed by atoms with Crippen LogP contribution < -0.4 is 0 Å². The molecular weight excluding hydrogens is 248 g/mol. The average molecular weight is 272 g/mol. The first kappa shape index (κ1) is 22.4. The quantitative estimate of drug-likeness (QED) is 0.280. The summed E-state index contributed by atoms with van der Waals surface area (Å²) in [6, 6.07) is 0. The Hall–Kier alpha value is -0.770. The van der Waals surface area contributed by atoms with Gasteiger partial charge in [-0.2, -0.15) is 0 Å². The Morgan fingerprint density at radius 2 is 1.17 bits per heavy atom. The molecule has 112 valence electrons. The van der Waals surface area contributed by atoms with Gasteiger partial charge in [-0.15, -0.1) is 0 Å². The summed E-state index contributed by atoms with van der Waals surface area (Å²) >= 11 is 0. The van der Waals surface area contributed by atoms with Gasteiger partial charge in [0.1, 0.15) is 12.2 Å². The minimum Gasteiger partial charge on any atom is -0.481 e. The average Bonchev–Trinajstić information content (AvgIpc) is 2.38. The van der Waals surface area contributed by atoms with Crippen molar-refractivity contribution >= 4 is 5.97 Å². The van der Waals surface area contributed by atoms with E-state index in [9.17, 15) is 4.79 Å². The van der Waals surface area contributed by atoms with E-state index in [0.717, 1.165) is 6.42 Å². The number of hydrogen-bond donors (Lipinski definition) is 7. The highest BCUT2D eigenvalue weighted by Crippen LogP contribution is 1.82. The van der Waals surface area contributed by atoms with Gasteiger partial charge in [0, 0.05) is 6.42 Å². The van der Waals surface area contributed by atoms with Gasteiger partial charge in [-0.3, -0.25) is 4.79 Å². The van der Waals surface area contributed by atoms with Crippen molar-refractivity contribution in [3.8, 4) is 0 Å². The molecule has 0 saturated carbocycles. The number of hydrogen-bond acceptors (Lipinski definition) is 7. The molecule has 0 aromatic heterocycles. The van der Waals surface area contributed by atoms with E-state index in [2.05, 4.69) is 0 Å². The van der Waals surface area contributed by atoms with Gasteiger partial charge < -0.3 is 35.7 Å². The summed E-state index contributed by atoms with van der Waals surface area (Å²) in [4.78, 5) is 9.60. The van der Waals surface area contributed by atoms with Crippen LogP contribution in [0.1, 0.15) is 19.8 Å². The summed E-state index contributed by atoms with van der Waals surface area (Å²) in [7, 11) is 0. The molecule has 18 heavy (non-hydrogen) atoms. The Bertz CT molecular complexity index is 146. The molecule has 0 saturated heterocycles. The smallest absolute Gasteiger partial charge is 0.303 e. The van der Waals surface area contributed by atoms with Crippen molar-refractivity contribution in [2.45, 2.75) is 32.0 Å². The summed E-state index contributed by atoms with van der Waals surface area (Å²) in [5, 5.41) is 55.9. The van der Waals surface area contributed by atoms with Gasteiger partial charge in [0.25, 0.3) is 0 Å². The van der Waals surface area contributed by atoms with Crippen LogP contribution in [0.25, 0.3) is 0 Å². The molecule has 0 aliphatic heterocycles. The van der Waals surface area contributed by atoms with Gasteiger partial charge in [0.2, 0.25) is 0 Å². The molecule has 0 rings (SSSR count). The monoisotopic (exact) mass is 272 g/mol. The number of aliphatic hydroxyl groups excluding tert-OH is 6. The molecule has 8 heteroatoms. The third-order valence-corrected chi connectivity index (χ3v) is 1.31. The summed E-state index contributed by atoms with van der Waals surface area (Å²) in [6.45, 7) is 0.383. The lowest BCUT2D eigenvalue weighted by Gasteiger charge is -1.96. The third-order valence-electron chi connectivity index (χ3n) is 1.31. The minimum absolute atomic E-state index is 0.292. The van der Waals surface area contributed by atoms with Crippen LogP contribution in [0.4, 0.5) is 0 Å². The molecule has 0 atom stereocenters. The molecular formula is C10H24O8. The first-order valence-electron chi connectivity index (χ1n) is 5.40. The van der Waals surface area contributed by atoms with Gasteiger partial charge in [0.05, 0.1) is 26.4 Å². The normalized spacial score (nSPS) is 9.39. The second-order valence-corrected chi connectivity index (χ2v) is 3.18. The highest BCUT2D eigenvalue weighted by Gasteiger charge is 1.94. The molecule has 7 N–H and O–H groups in total. The van der Waals surface area contributed by atoms with Gasteiger partial charge in [0.15, 0.2) is 0 Å². The molecule has 0 radical (unpaired) electrons. The van der Waals surface area contributed by atoms with Crippen LogP contribution in [-0.2, 0) is 4.79 Å². The van der Waals surface area contributed by atoms with Gasteiger partial charge >= 0.3 is 5.97 Å². The number of carboxylic acid groups (broad SMARTS) is 1. The van der Waals surface area contributed by atoms with Gasteiger partial charge in [-0.05, 0) is 6.42 Å². The van der Waals surface area contributed by atoms with Crippen molar-refractivity contribution in [3.05, 3.63) is 0 Å².